The topological polar surface area (TPSA) is 74.6 Å². The normalized spacial score (nSPS) is 11.4. The molecule has 2 aromatic carbocycles. The zero-order valence-corrected chi connectivity index (χ0v) is 18.1. The van der Waals surface area contributed by atoms with E-state index in [1.165, 1.54) is 0 Å². The molecule has 2 N–H and O–H groups in total. The molecule has 5 heteroatoms. The van der Waals surface area contributed by atoms with Crippen LogP contribution < -0.4 is 0 Å². The molecule has 2 aromatic rings. The third-order valence-electron chi connectivity index (χ3n) is 3.21. The second-order valence-corrected chi connectivity index (χ2v) is 5.35. The number of hydrogen-bond donors (Lipinski definition) is 2. The second kappa shape index (κ2) is 19.2. The molecule has 4 nitrogen and oxygen atoms in total. The van der Waals surface area contributed by atoms with Crippen LogP contribution in [0.4, 0.5) is 0 Å². The molecule has 4 rings (SSSR count). The molecule has 0 atom stereocenters. The number of hydrogen-bond acceptors (Lipinski definition) is 2. The summed E-state index contributed by atoms with van der Waals surface area (Å²) in [7, 11) is 0. The molecule has 2 aliphatic carbocycles. The van der Waals surface area contributed by atoms with Gasteiger partial charge in [0.15, 0.2) is 0 Å². The Balaban J connectivity index is 0.000000375. The molecule has 0 saturated heterocycles. The molecule has 0 unspecified atom stereocenters. The van der Waals surface area contributed by atoms with E-state index in [-0.39, 0.29) is 0 Å². The second-order valence-electron chi connectivity index (χ2n) is 5.35. The zero-order chi connectivity index (χ0) is 22.5. The number of rotatable bonds is 2. The standard InChI is InChI=1S/2C7H6O2.2C5H5.CH2.Ti/c2*8-7(9)6-4-2-1-3-5-6;2*1-2-4-5-3-1;;/h2*1-5H,(H,8,9);2*1-3H,4H2;1H2;/q;;2*-1;;+2. The van der Waals surface area contributed by atoms with Crippen LogP contribution in [0.2, 0.25) is 0 Å². The predicted molar refractivity (Wildman–Crippen MR) is 117 cm³/mol. The monoisotopic (exact) mass is 436 g/mol. The van der Waals surface area contributed by atoms with E-state index in [4.69, 9.17) is 10.2 Å². The fraction of sp³-hybridized carbons (Fsp3) is 0.0800. The van der Waals surface area contributed by atoms with Crippen molar-refractivity contribution >= 4 is 16.8 Å². The number of carboxylic acid groups (broad SMARTS) is 2. The van der Waals surface area contributed by atoms with E-state index in [9.17, 15) is 9.59 Å². The van der Waals surface area contributed by atoms with Gasteiger partial charge in [-0.15, -0.1) is 12.8 Å². The summed E-state index contributed by atoms with van der Waals surface area (Å²) in [6, 6.07) is 16.6. The summed E-state index contributed by atoms with van der Waals surface area (Å²) in [5, 5.41) is 16.8. The Kier molecular flexibility index (Phi) is 17.3. The van der Waals surface area contributed by atoms with Crippen molar-refractivity contribution < 1.29 is 39.8 Å². The summed E-state index contributed by atoms with van der Waals surface area (Å²) in [5.74, 6) is -1.76. The molecule has 0 saturated carbocycles. The van der Waals surface area contributed by atoms with Gasteiger partial charge in [0.1, 0.15) is 0 Å². The van der Waals surface area contributed by atoms with Crippen LogP contribution >= 0.6 is 0 Å². The van der Waals surface area contributed by atoms with Gasteiger partial charge >= 0.3 is 36.7 Å². The van der Waals surface area contributed by atoms with E-state index in [0.717, 1.165) is 12.8 Å². The van der Waals surface area contributed by atoms with E-state index in [2.05, 4.69) is 29.1 Å². The Morgan fingerprint density at radius 3 is 1.17 bits per heavy atom. The van der Waals surface area contributed by atoms with Crippen LogP contribution in [0.25, 0.3) is 0 Å². The first-order valence-corrected chi connectivity index (χ1v) is 10.1. The molecule has 2 aliphatic rings. The molecule has 0 bridgehead atoms. The van der Waals surface area contributed by atoms with Gasteiger partial charge in [-0.2, -0.15) is 12.2 Å². The van der Waals surface area contributed by atoms with Gasteiger partial charge in [-0.25, -0.2) is 33.9 Å². The van der Waals surface area contributed by atoms with Crippen LogP contribution in [0.15, 0.2) is 97.1 Å². The van der Waals surface area contributed by atoms with Gasteiger partial charge in [-0.05, 0) is 24.3 Å². The SMILES string of the molecule is O=C(O)c1ccccc1.O=C(O)c1ccccc1.[C-]1=CC=CC1.[C-]1=CC=CC1.[CH2]=[Ti+2]. The van der Waals surface area contributed by atoms with Gasteiger partial charge in [0, 0.05) is 0 Å². The van der Waals surface area contributed by atoms with Crippen molar-refractivity contribution in [3.05, 3.63) is 120 Å². The molecule has 0 fully saturated rings. The average molecular weight is 436 g/mol. The number of carboxylic acids is 2. The van der Waals surface area contributed by atoms with E-state index < -0.39 is 11.9 Å². The number of benzene rings is 2. The van der Waals surface area contributed by atoms with Crippen molar-refractivity contribution in [2.45, 2.75) is 12.8 Å². The summed E-state index contributed by atoms with van der Waals surface area (Å²) >= 11 is 1.75. The van der Waals surface area contributed by atoms with Gasteiger partial charge in [0.2, 0.25) is 0 Å². The fourth-order valence-electron chi connectivity index (χ4n) is 1.84. The van der Waals surface area contributed by atoms with Gasteiger partial charge < -0.3 is 10.2 Å². The van der Waals surface area contributed by atoms with Crippen LogP contribution in [0.1, 0.15) is 33.6 Å². The fourth-order valence-corrected chi connectivity index (χ4v) is 1.84. The molecular formula is C25H24O4Ti. The van der Waals surface area contributed by atoms with Crippen LogP contribution in [-0.2, 0) is 20.0 Å². The van der Waals surface area contributed by atoms with Crippen LogP contribution in [-0.4, -0.2) is 27.0 Å². The summed E-state index contributed by atoms with van der Waals surface area (Å²) < 4.78 is 0. The Labute approximate surface area is 189 Å². The zero-order valence-electron chi connectivity index (χ0n) is 16.6. The first-order chi connectivity index (χ1) is 14.6. The van der Waals surface area contributed by atoms with Gasteiger partial charge in [0.25, 0.3) is 0 Å². The van der Waals surface area contributed by atoms with Crippen molar-refractivity contribution in [1.29, 1.82) is 0 Å². The summed E-state index contributed by atoms with van der Waals surface area (Å²) in [5.41, 5.74) is 0.662. The number of carbonyl (C=O) groups is 2. The minimum atomic E-state index is -0.879. The molecule has 0 aliphatic heterocycles. The third kappa shape index (κ3) is 14.9. The molecule has 0 radical (unpaired) electrons. The van der Waals surface area contributed by atoms with E-state index >= 15 is 0 Å². The molecule has 0 amide bonds. The Bertz CT molecular complexity index is 746. The summed E-state index contributed by atoms with van der Waals surface area (Å²) in [4.78, 5) is 23.7. The molecule has 152 valence electrons. The van der Waals surface area contributed by atoms with Crippen LogP contribution in [0.3, 0.4) is 0 Å². The quantitative estimate of drug-likeness (QED) is 0.492. The van der Waals surface area contributed by atoms with Crippen molar-refractivity contribution in [3.63, 3.8) is 0 Å². The van der Waals surface area contributed by atoms with Crippen molar-refractivity contribution in [2.24, 2.45) is 0 Å². The molecule has 0 aromatic heterocycles. The van der Waals surface area contributed by atoms with E-state index in [1.54, 1.807) is 80.6 Å². The van der Waals surface area contributed by atoms with Crippen molar-refractivity contribution in [3.8, 4) is 0 Å². The maximum atomic E-state index is 10.2. The minimum absolute atomic E-state index is 0.331. The van der Waals surface area contributed by atoms with Gasteiger partial charge in [-0.3, -0.25) is 12.2 Å². The molecule has 30 heavy (non-hydrogen) atoms. The van der Waals surface area contributed by atoms with Crippen LogP contribution in [0, 0.1) is 12.2 Å². The van der Waals surface area contributed by atoms with Crippen molar-refractivity contribution in [2.75, 3.05) is 0 Å². The molecule has 0 heterocycles. The Morgan fingerprint density at radius 2 is 1.03 bits per heavy atom. The average Bonchev–Trinajstić information content (AvgIpc) is 3.56. The molecule has 0 spiro atoms. The molecular weight excluding hydrogens is 412 g/mol. The Morgan fingerprint density at radius 1 is 0.700 bits per heavy atom. The Hall–Kier alpha value is -3.08. The first kappa shape index (κ1) is 26.9. The maximum absolute atomic E-state index is 10.2. The number of aromatic carboxylic acids is 2. The third-order valence-corrected chi connectivity index (χ3v) is 3.21. The van der Waals surface area contributed by atoms with Crippen molar-refractivity contribution in [1.82, 2.24) is 0 Å². The summed E-state index contributed by atoms with van der Waals surface area (Å²) in [6.07, 6.45) is 20.0. The predicted octanol–water partition coefficient (Wildman–Crippen LogP) is 5.35. The first-order valence-electron chi connectivity index (χ1n) is 8.96. The van der Waals surface area contributed by atoms with E-state index in [1.807, 2.05) is 24.3 Å². The van der Waals surface area contributed by atoms with Gasteiger partial charge in [0.05, 0.1) is 11.1 Å². The number of allylic oxidation sites excluding steroid dienone is 8. The van der Waals surface area contributed by atoms with Crippen LogP contribution in [0.5, 0.6) is 0 Å². The van der Waals surface area contributed by atoms with E-state index in [0.29, 0.717) is 11.1 Å². The van der Waals surface area contributed by atoms with Gasteiger partial charge in [-0.1, -0.05) is 36.4 Å². The summed E-state index contributed by atoms with van der Waals surface area (Å²) in [6.45, 7) is 0.